The number of hydrogen-bond donors (Lipinski definition) is 0. The fourth-order valence-electron chi connectivity index (χ4n) is 3.67. The van der Waals surface area contributed by atoms with Gasteiger partial charge < -0.3 is 28.0 Å². The molecule has 0 N–H and O–H groups in total. The van der Waals surface area contributed by atoms with Crippen molar-refractivity contribution in [2.24, 2.45) is 0 Å². The highest BCUT2D eigenvalue weighted by Crippen LogP contribution is 2.30. The maximum Gasteiger partial charge on any atom is 0.338 e. The largest absolute Gasteiger partial charge is 0.493 e. The molecule has 0 aliphatic rings. The monoisotopic (exact) mass is 470 g/mol. The minimum absolute atomic E-state index is 0.249. The van der Waals surface area contributed by atoms with Crippen molar-refractivity contribution in [3.05, 3.63) is 63.8 Å². The Balaban J connectivity index is 1.64. The van der Waals surface area contributed by atoms with Crippen molar-refractivity contribution < 1.29 is 33.1 Å². The molecule has 0 saturated carbocycles. The van der Waals surface area contributed by atoms with Gasteiger partial charge in [0.15, 0.2) is 18.1 Å². The Hall–Kier alpha value is -3.59. The average molecular weight is 471 g/mol. The van der Waals surface area contributed by atoms with Crippen LogP contribution in [0.3, 0.4) is 0 Å². The molecule has 1 aromatic carbocycles. The molecule has 3 rings (SSSR count). The summed E-state index contributed by atoms with van der Waals surface area (Å²) in [5.74, 6) is 0.613. The molecule has 0 spiro atoms. The van der Waals surface area contributed by atoms with E-state index in [4.69, 9.17) is 23.5 Å². The van der Waals surface area contributed by atoms with E-state index in [9.17, 15) is 9.59 Å². The summed E-state index contributed by atoms with van der Waals surface area (Å²) in [5.41, 5.74) is 4.15. The Bertz CT molecular complexity index is 1160. The molecule has 3 aromatic rings. The van der Waals surface area contributed by atoms with Crippen LogP contribution in [-0.2, 0) is 22.6 Å². The number of rotatable bonds is 11. The highest BCUT2D eigenvalue weighted by Gasteiger charge is 2.19. The van der Waals surface area contributed by atoms with Gasteiger partial charge in [-0.25, -0.2) is 4.79 Å². The number of methoxy groups -OCH3 is 2. The Kier molecular flexibility index (Phi) is 8.12. The number of hydrogen-bond acceptors (Lipinski definition) is 8. The van der Waals surface area contributed by atoms with Gasteiger partial charge in [-0.05, 0) is 52.0 Å². The zero-order chi connectivity index (χ0) is 24.8. The second-order valence-corrected chi connectivity index (χ2v) is 7.89. The first-order chi connectivity index (χ1) is 16.3. The van der Waals surface area contributed by atoms with Crippen LogP contribution in [0, 0.1) is 27.7 Å². The predicted octanol–water partition coefficient (Wildman–Crippen LogP) is 3.98. The first-order valence-corrected chi connectivity index (χ1v) is 10.8. The zero-order valence-corrected chi connectivity index (χ0v) is 20.4. The number of aromatic nitrogens is 2. The van der Waals surface area contributed by atoms with Crippen molar-refractivity contribution in [2.45, 2.75) is 40.8 Å². The SMILES string of the molecule is COCCn1c(C)cc(C(=O)COC(=O)c2ccc(OCc3c(C)noc3C)c(OC)c2)c1C. The van der Waals surface area contributed by atoms with Crippen LogP contribution >= 0.6 is 0 Å². The number of carbonyl (C=O) groups excluding carboxylic acids is 2. The number of carbonyl (C=O) groups is 2. The van der Waals surface area contributed by atoms with Crippen molar-refractivity contribution in [3.8, 4) is 11.5 Å². The molecule has 0 radical (unpaired) electrons. The molecule has 0 atom stereocenters. The lowest BCUT2D eigenvalue weighted by molar-refractivity contribution is 0.0474. The molecule has 0 aliphatic carbocycles. The first kappa shape index (κ1) is 25.0. The average Bonchev–Trinajstić information content (AvgIpc) is 3.30. The molecule has 9 heteroatoms. The summed E-state index contributed by atoms with van der Waals surface area (Å²) in [6.45, 7) is 8.51. The fraction of sp³-hybridized carbons (Fsp3) is 0.400. The number of benzene rings is 1. The van der Waals surface area contributed by atoms with Crippen LogP contribution in [0.25, 0.3) is 0 Å². The Morgan fingerprint density at radius 2 is 1.82 bits per heavy atom. The van der Waals surface area contributed by atoms with E-state index in [0.717, 1.165) is 22.6 Å². The molecule has 0 bridgehead atoms. The van der Waals surface area contributed by atoms with Gasteiger partial charge in [-0.3, -0.25) is 4.79 Å². The van der Waals surface area contributed by atoms with Crippen LogP contribution in [0.2, 0.25) is 0 Å². The van der Waals surface area contributed by atoms with Gasteiger partial charge in [-0.15, -0.1) is 0 Å². The summed E-state index contributed by atoms with van der Waals surface area (Å²) < 4.78 is 28.8. The fourth-order valence-corrected chi connectivity index (χ4v) is 3.67. The minimum atomic E-state index is -0.628. The molecule has 0 amide bonds. The van der Waals surface area contributed by atoms with Gasteiger partial charge in [-0.1, -0.05) is 5.16 Å². The zero-order valence-electron chi connectivity index (χ0n) is 20.4. The molecule has 2 heterocycles. The van der Waals surface area contributed by atoms with Crippen molar-refractivity contribution in [1.82, 2.24) is 9.72 Å². The van der Waals surface area contributed by atoms with Gasteiger partial charge in [-0.2, -0.15) is 0 Å². The maximum absolute atomic E-state index is 12.7. The highest BCUT2D eigenvalue weighted by atomic mass is 16.5. The van der Waals surface area contributed by atoms with Crippen molar-refractivity contribution in [2.75, 3.05) is 27.4 Å². The van der Waals surface area contributed by atoms with Gasteiger partial charge in [0, 0.05) is 30.6 Å². The molecule has 9 nitrogen and oxygen atoms in total. The summed E-state index contributed by atoms with van der Waals surface area (Å²) in [5, 5.41) is 3.91. The second-order valence-electron chi connectivity index (χ2n) is 7.89. The van der Waals surface area contributed by atoms with E-state index in [1.807, 2.05) is 32.3 Å². The summed E-state index contributed by atoms with van der Waals surface area (Å²) >= 11 is 0. The Labute approximate surface area is 198 Å². The third kappa shape index (κ3) is 5.48. The quantitative estimate of drug-likeness (QED) is 0.306. The van der Waals surface area contributed by atoms with Crippen LogP contribution in [0.4, 0.5) is 0 Å². The van der Waals surface area contributed by atoms with Gasteiger partial charge in [0.1, 0.15) is 12.4 Å². The van der Waals surface area contributed by atoms with Gasteiger partial charge in [0.2, 0.25) is 5.78 Å². The molecule has 34 heavy (non-hydrogen) atoms. The number of ketones is 1. The molecule has 0 fully saturated rings. The van der Waals surface area contributed by atoms with Crippen molar-refractivity contribution >= 4 is 11.8 Å². The van der Waals surface area contributed by atoms with Crippen LogP contribution < -0.4 is 9.47 Å². The maximum atomic E-state index is 12.7. The van der Waals surface area contributed by atoms with Gasteiger partial charge in [0.25, 0.3) is 0 Å². The second kappa shape index (κ2) is 11.0. The van der Waals surface area contributed by atoms with E-state index in [-0.39, 0.29) is 24.6 Å². The van der Waals surface area contributed by atoms with Crippen LogP contribution in [0.1, 0.15) is 49.1 Å². The topological polar surface area (TPSA) is 102 Å². The molecular weight excluding hydrogens is 440 g/mol. The summed E-state index contributed by atoms with van der Waals surface area (Å²) in [4.78, 5) is 25.3. The standard InChI is InChI=1S/C25H30N2O7/c1-15-11-20(17(3)27(15)9-10-30-5)22(28)14-33-25(29)19-7-8-23(24(12-19)31-6)32-13-21-16(2)26-34-18(21)4/h7-8,11-12H,9-10,13-14H2,1-6H3. The smallest absolute Gasteiger partial charge is 0.338 e. The van der Waals surface area contributed by atoms with Crippen molar-refractivity contribution in [3.63, 3.8) is 0 Å². The Morgan fingerprint density at radius 1 is 1.06 bits per heavy atom. The molecule has 0 unspecified atom stereocenters. The van der Waals surface area contributed by atoms with Crippen LogP contribution in [0.5, 0.6) is 11.5 Å². The van der Waals surface area contributed by atoms with E-state index in [0.29, 0.717) is 36.0 Å². The van der Waals surface area contributed by atoms with E-state index >= 15 is 0 Å². The number of aryl methyl sites for hydroxylation is 3. The normalized spacial score (nSPS) is 10.9. The summed E-state index contributed by atoms with van der Waals surface area (Å²) in [7, 11) is 3.11. The first-order valence-electron chi connectivity index (χ1n) is 10.8. The molecule has 0 saturated heterocycles. The number of Topliss-reactive ketones (excluding diaryl/α,β-unsaturated/α-hetero) is 1. The van der Waals surface area contributed by atoms with E-state index in [2.05, 4.69) is 5.16 Å². The lowest BCUT2D eigenvalue weighted by Crippen LogP contribution is -2.15. The van der Waals surface area contributed by atoms with Crippen LogP contribution in [-0.4, -0.2) is 48.9 Å². The molecule has 0 aliphatic heterocycles. The lowest BCUT2D eigenvalue weighted by atomic mass is 10.1. The van der Waals surface area contributed by atoms with E-state index < -0.39 is 5.97 Å². The van der Waals surface area contributed by atoms with E-state index in [1.165, 1.54) is 13.2 Å². The number of esters is 1. The minimum Gasteiger partial charge on any atom is -0.493 e. The molecule has 182 valence electrons. The van der Waals surface area contributed by atoms with Crippen molar-refractivity contribution in [1.29, 1.82) is 0 Å². The molecular formula is C25H30N2O7. The lowest BCUT2D eigenvalue weighted by Gasteiger charge is -2.12. The molecule has 2 aromatic heterocycles. The summed E-state index contributed by atoms with van der Waals surface area (Å²) in [6, 6.07) is 6.51. The highest BCUT2D eigenvalue weighted by molar-refractivity contribution is 6.00. The van der Waals surface area contributed by atoms with E-state index in [1.54, 1.807) is 25.3 Å². The van der Waals surface area contributed by atoms with Gasteiger partial charge >= 0.3 is 5.97 Å². The van der Waals surface area contributed by atoms with Gasteiger partial charge in [0.05, 0.1) is 30.5 Å². The van der Waals surface area contributed by atoms with Crippen LogP contribution in [0.15, 0.2) is 28.8 Å². The third-order valence-corrected chi connectivity index (χ3v) is 5.68. The Morgan fingerprint density at radius 3 is 2.47 bits per heavy atom. The summed E-state index contributed by atoms with van der Waals surface area (Å²) in [6.07, 6.45) is 0. The number of nitrogens with zero attached hydrogens (tertiary/aromatic N) is 2. The third-order valence-electron chi connectivity index (χ3n) is 5.68. The predicted molar refractivity (Wildman–Crippen MR) is 124 cm³/mol. The number of ether oxygens (including phenoxy) is 4.